The summed E-state index contributed by atoms with van der Waals surface area (Å²) in [7, 11) is 2.13. The van der Waals surface area contributed by atoms with Gasteiger partial charge in [0, 0.05) is 29.8 Å². The summed E-state index contributed by atoms with van der Waals surface area (Å²) >= 11 is 6.38. The molecular weight excluding hydrogens is 256 g/mol. The van der Waals surface area contributed by atoms with Gasteiger partial charge in [-0.15, -0.1) is 0 Å². The Kier molecular flexibility index (Phi) is 6.15. The van der Waals surface area contributed by atoms with Gasteiger partial charge in [0.15, 0.2) is 0 Å². The molecule has 0 amide bonds. The molecule has 1 aromatic carbocycles. The second-order valence-electron chi connectivity index (χ2n) is 5.68. The van der Waals surface area contributed by atoms with E-state index in [0.717, 1.165) is 31.0 Å². The molecule has 1 N–H and O–H groups in total. The third-order valence-electron chi connectivity index (χ3n) is 3.94. The summed E-state index contributed by atoms with van der Waals surface area (Å²) in [5.74, 6) is 0. The number of halogens is 1. The normalized spacial score (nSPS) is 11.7. The molecule has 0 unspecified atom stereocenters. The van der Waals surface area contributed by atoms with Crippen molar-refractivity contribution in [1.82, 2.24) is 5.32 Å². The summed E-state index contributed by atoms with van der Waals surface area (Å²) in [5.41, 5.74) is 2.49. The minimum atomic E-state index is 0.144. The van der Waals surface area contributed by atoms with Crippen LogP contribution < -0.4 is 10.2 Å². The zero-order valence-corrected chi connectivity index (χ0v) is 13.6. The molecule has 0 radical (unpaired) electrons. The average Bonchev–Trinajstić information content (AvgIpc) is 2.40. The Bertz CT molecular complexity index is 402. The summed E-state index contributed by atoms with van der Waals surface area (Å²) in [6.45, 7) is 10.7. The lowest BCUT2D eigenvalue weighted by Crippen LogP contribution is -2.40. The van der Waals surface area contributed by atoms with Crippen LogP contribution in [0, 0.1) is 0 Å². The van der Waals surface area contributed by atoms with Crippen LogP contribution >= 0.6 is 11.6 Å². The van der Waals surface area contributed by atoms with Crippen LogP contribution in [0.3, 0.4) is 0 Å². The number of benzene rings is 1. The third-order valence-corrected chi connectivity index (χ3v) is 4.29. The molecular formula is C16H27ClN2. The maximum absolute atomic E-state index is 6.38. The van der Waals surface area contributed by atoms with Crippen LogP contribution in [0.5, 0.6) is 0 Å². The van der Waals surface area contributed by atoms with Gasteiger partial charge in [-0.3, -0.25) is 0 Å². The fourth-order valence-electron chi connectivity index (χ4n) is 1.87. The predicted octanol–water partition coefficient (Wildman–Crippen LogP) is 4.46. The Balaban J connectivity index is 2.81. The predicted molar refractivity (Wildman–Crippen MR) is 86.2 cm³/mol. The lowest BCUT2D eigenvalue weighted by atomic mass is 9.99. The van der Waals surface area contributed by atoms with E-state index in [2.05, 4.69) is 63.2 Å². The Morgan fingerprint density at radius 1 is 1.26 bits per heavy atom. The van der Waals surface area contributed by atoms with Gasteiger partial charge in [0.1, 0.15) is 0 Å². The van der Waals surface area contributed by atoms with Gasteiger partial charge >= 0.3 is 0 Å². The van der Waals surface area contributed by atoms with Crippen LogP contribution in [-0.2, 0) is 6.54 Å². The average molecular weight is 283 g/mol. The second kappa shape index (κ2) is 7.16. The van der Waals surface area contributed by atoms with Crippen molar-refractivity contribution in [3.05, 3.63) is 28.8 Å². The van der Waals surface area contributed by atoms with E-state index >= 15 is 0 Å². The molecule has 1 rings (SSSR count). The van der Waals surface area contributed by atoms with Crippen molar-refractivity contribution in [2.24, 2.45) is 0 Å². The minimum Gasteiger partial charge on any atom is -0.369 e. The molecule has 3 heteroatoms. The van der Waals surface area contributed by atoms with E-state index in [1.807, 2.05) is 0 Å². The van der Waals surface area contributed by atoms with Crippen molar-refractivity contribution >= 4 is 17.3 Å². The quantitative estimate of drug-likeness (QED) is 0.743. The second-order valence-corrected chi connectivity index (χ2v) is 6.08. The van der Waals surface area contributed by atoms with Crippen molar-refractivity contribution in [3.63, 3.8) is 0 Å². The van der Waals surface area contributed by atoms with Crippen LogP contribution in [0.15, 0.2) is 18.2 Å². The molecule has 0 saturated carbocycles. The van der Waals surface area contributed by atoms with Gasteiger partial charge in [-0.25, -0.2) is 0 Å². The van der Waals surface area contributed by atoms with Crippen molar-refractivity contribution in [2.45, 2.75) is 52.6 Å². The van der Waals surface area contributed by atoms with Crippen molar-refractivity contribution in [2.75, 3.05) is 18.5 Å². The number of hydrogen-bond acceptors (Lipinski definition) is 2. The first-order valence-corrected chi connectivity index (χ1v) is 7.53. The number of hydrogen-bond donors (Lipinski definition) is 1. The summed E-state index contributed by atoms with van der Waals surface area (Å²) in [6, 6.07) is 6.36. The SMILES string of the molecule is CCCNCc1ccc(N(C)C(C)(C)CC)cc1Cl. The topological polar surface area (TPSA) is 15.3 Å². The zero-order valence-electron chi connectivity index (χ0n) is 12.9. The molecule has 0 aliphatic carbocycles. The number of nitrogens with one attached hydrogen (secondary N) is 1. The molecule has 0 heterocycles. The lowest BCUT2D eigenvalue weighted by molar-refractivity contribution is 0.471. The third kappa shape index (κ3) is 4.39. The van der Waals surface area contributed by atoms with Crippen LogP contribution in [-0.4, -0.2) is 19.1 Å². The van der Waals surface area contributed by atoms with E-state index in [4.69, 9.17) is 11.6 Å². The molecule has 0 atom stereocenters. The molecule has 0 spiro atoms. The summed E-state index contributed by atoms with van der Waals surface area (Å²) in [5, 5.41) is 4.23. The molecule has 2 nitrogen and oxygen atoms in total. The highest BCUT2D eigenvalue weighted by Gasteiger charge is 2.21. The Morgan fingerprint density at radius 2 is 1.95 bits per heavy atom. The van der Waals surface area contributed by atoms with Crippen molar-refractivity contribution < 1.29 is 0 Å². The smallest absolute Gasteiger partial charge is 0.0471 e. The van der Waals surface area contributed by atoms with E-state index in [-0.39, 0.29) is 5.54 Å². The highest BCUT2D eigenvalue weighted by Crippen LogP contribution is 2.28. The molecule has 108 valence electrons. The minimum absolute atomic E-state index is 0.144. The van der Waals surface area contributed by atoms with E-state index < -0.39 is 0 Å². The lowest BCUT2D eigenvalue weighted by Gasteiger charge is -2.37. The molecule has 0 aliphatic heterocycles. The number of nitrogens with zero attached hydrogens (tertiary/aromatic N) is 1. The number of anilines is 1. The summed E-state index contributed by atoms with van der Waals surface area (Å²) in [4.78, 5) is 2.29. The summed E-state index contributed by atoms with van der Waals surface area (Å²) < 4.78 is 0. The van der Waals surface area contributed by atoms with Crippen molar-refractivity contribution in [3.8, 4) is 0 Å². The fourth-order valence-corrected chi connectivity index (χ4v) is 2.12. The Labute approximate surface area is 123 Å². The van der Waals surface area contributed by atoms with Crippen LogP contribution in [0.4, 0.5) is 5.69 Å². The molecule has 0 aromatic heterocycles. The Morgan fingerprint density at radius 3 is 2.47 bits per heavy atom. The van der Waals surface area contributed by atoms with E-state index in [9.17, 15) is 0 Å². The van der Waals surface area contributed by atoms with Crippen LogP contribution in [0.1, 0.15) is 46.1 Å². The van der Waals surface area contributed by atoms with E-state index in [0.29, 0.717) is 0 Å². The molecule has 19 heavy (non-hydrogen) atoms. The highest BCUT2D eigenvalue weighted by molar-refractivity contribution is 6.31. The van der Waals surface area contributed by atoms with Gasteiger partial charge in [-0.05, 0) is 50.9 Å². The van der Waals surface area contributed by atoms with Crippen LogP contribution in [0.25, 0.3) is 0 Å². The van der Waals surface area contributed by atoms with Gasteiger partial charge in [-0.1, -0.05) is 31.5 Å². The Hall–Kier alpha value is -0.730. The van der Waals surface area contributed by atoms with Gasteiger partial charge in [0.05, 0.1) is 0 Å². The molecule has 1 aromatic rings. The van der Waals surface area contributed by atoms with Crippen LogP contribution in [0.2, 0.25) is 5.02 Å². The highest BCUT2D eigenvalue weighted by atomic mass is 35.5. The molecule has 0 aliphatic rings. The number of rotatable bonds is 7. The first-order chi connectivity index (χ1) is 8.92. The maximum Gasteiger partial charge on any atom is 0.0471 e. The van der Waals surface area contributed by atoms with Gasteiger partial charge < -0.3 is 10.2 Å². The fraction of sp³-hybridized carbons (Fsp3) is 0.625. The molecule has 0 saturated heterocycles. The summed E-state index contributed by atoms with van der Waals surface area (Å²) in [6.07, 6.45) is 2.24. The first-order valence-electron chi connectivity index (χ1n) is 7.15. The van der Waals surface area contributed by atoms with Gasteiger partial charge in [0.25, 0.3) is 0 Å². The largest absolute Gasteiger partial charge is 0.369 e. The van der Waals surface area contributed by atoms with Crippen molar-refractivity contribution in [1.29, 1.82) is 0 Å². The van der Waals surface area contributed by atoms with Gasteiger partial charge in [-0.2, -0.15) is 0 Å². The molecule has 0 bridgehead atoms. The van der Waals surface area contributed by atoms with Gasteiger partial charge in [0.2, 0.25) is 0 Å². The van der Waals surface area contributed by atoms with E-state index in [1.165, 1.54) is 11.3 Å². The monoisotopic (exact) mass is 282 g/mol. The standard InChI is InChI=1S/C16H27ClN2/c1-6-10-18-12-13-8-9-14(11-15(13)17)19(5)16(3,4)7-2/h8-9,11,18H,6-7,10,12H2,1-5H3. The maximum atomic E-state index is 6.38. The first kappa shape index (κ1) is 16.3. The zero-order chi connectivity index (χ0) is 14.5. The molecule has 0 fully saturated rings. The van der Waals surface area contributed by atoms with E-state index in [1.54, 1.807) is 0 Å².